The molecule has 0 heterocycles. The molecule has 93 heavy (non-hydrogen) atoms. The Kier molecular flexibility index (Phi) is 65.9. The molecule has 0 aliphatic heterocycles. The van der Waals surface area contributed by atoms with Crippen LogP contribution in [-0.2, 0) is 65.4 Å². The van der Waals surface area contributed by atoms with Gasteiger partial charge in [0, 0.05) is 25.7 Å². The Morgan fingerprint density at radius 1 is 0.301 bits per heavy atom. The zero-order chi connectivity index (χ0) is 68.4. The van der Waals surface area contributed by atoms with Crippen LogP contribution < -0.4 is 0 Å². The number of hydrogen-bond acceptors (Lipinski definition) is 15. The summed E-state index contributed by atoms with van der Waals surface area (Å²) >= 11 is 0. The molecule has 3 N–H and O–H groups in total. The van der Waals surface area contributed by atoms with Gasteiger partial charge in [-0.05, 0) is 31.6 Å². The molecular weight excluding hydrogens is 1220 g/mol. The van der Waals surface area contributed by atoms with Crippen LogP contribution in [0.3, 0.4) is 0 Å². The Hall–Kier alpha value is -1.94. The highest BCUT2D eigenvalue weighted by molar-refractivity contribution is 7.47. The molecular formula is C74H144O17P2. The lowest BCUT2D eigenvalue weighted by molar-refractivity contribution is -0.161. The maximum absolute atomic E-state index is 13.1. The second-order valence-electron chi connectivity index (χ2n) is 26.9. The number of phosphoric ester groups is 2. The van der Waals surface area contributed by atoms with Crippen molar-refractivity contribution in [1.82, 2.24) is 0 Å². The summed E-state index contributed by atoms with van der Waals surface area (Å²) in [6, 6.07) is 0. The Balaban J connectivity index is 5.17. The Labute approximate surface area is 568 Å². The highest BCUT2D eigenvalue weighted by Gasteiger charge is 2.30. The fraction of sp³-hybridized carbons (Fsp3) is 0.946. The second kappa shape index (κ2) is 67.3. The largest absolute Gasteiger partial charge is 0.472 e. The summed E-state index contributed by atoms with van der Waals surface area (Å²) in [7, 11) is -9.90. The van der Waals surface area contributed by atoms with E-state index in [4.69, 9.17) is 37.0 Å². The predicted octanol–water partition coefficient (Wildman–Crippen LogP) is 21.7. The van der Waals surface area contributed by atoms with Gasteiger partial charge in [-0.2, -0.15) is 0 Å². The SMILES string of the molecule is CCCCCCCCCCCCCCCCCCCCCC(=O)O[C@H](COC(=O)CCCCCCCCCCCCCCCCCCC)COP(=O)(O)OC[C@@H](O)COP(=O)(O)OC[C@@H](COC(=O)CCCCCCCCC)OC(=O)CCCCCCCCC(C)CC. The summed E-state index contributed by atoms with van der Waals surface area (Å²) in [6.07, 6.45) is 55.8. The van der Waals surface area contributed by atoms with Gasteiger partial charge >= 0.3 is 39.5 Å². The fourth-order valence-corrected chi connectivity index (χ4v) is 12.9. The summed E-state index contributed by atoms with van der Waals surface area (Å²) in [5.74, 6) is -1.40. The van der Waals surface area contributed by atoms with Crippen LogP contribution in [0.1, 0.15) is 388 Å². The van der Waals surface area contributed by atoms with Crippen molar-refractivity contribution in [2.75, 3.05) is 39.6 Å². The minimum Gasteiger partial charge on any atom is -0.462 e. The van der Waals surface area contributed by atoms with E-state index in [9.17, 15) is 43.2 Å². The van der Waals surface area contributed by atoms with E-state index < -0.39 is 97.5 Å². The number of carbonyl (C=O) groups excluding carboxylic acids is 4. The maximum atomic E-state index is 13.1. The van der Waals surface area contributed by atoms with Gasteiger partial charge in [-0.15, -0.1) is 0 Å². The van der Waals surface area contributed by atoms with Crippen molar-refractivity contribution in [2.24, 2.45) is 5.92 Å². The Bertz CT molecular complexity index is 1790. The number of carbonyl (C=O) groups is 4. The molecule has 0 radical (unpaired) electrons. The zero-order valence-corrected chi connectivity index (χ0v) is 62.2. The number of aliphatic hydroxyl groups is 1. The molecule has 3 unspecified atom stereocenters. The van der Waals surface area contributed by atoms with E-state index in [-0.39, 0.29) is 25.7 Å². The van der Waals surface area contributed by atoms with Crippen molar-refractivity contribution in [1.29, 1.82) is 0 Å². The van der Waals surface area contributed by atoms with E-state index in [0.717, 1.165) is 109 Å². The van der Waals surface area contributed by atoms with Crippen LogP contribution in [-0.4, -0.2) is 96.7 Å². The molecule has 0 rings (SSSR count). The van der Waals surface area contributed by atoms with Crippen LogP contribution >= 0.6 is 15.6 Å². The maximum Gasteiger partial charge on any atom is 0.472 e. The monoisotopic (exact) mass is 1370 g/mol. The van der Waals surface area contributed by atoms with Crippen LogP contribution in [0.5, 0.6) is 0 Å². The first kappa shape index (κ1) is 91.1. The first-order valence-corrected chi connectivity index (χ1v) is 41.7. The molecule has 6 atom stereocenters. The van der Waals surface area contributed by atoms with E-state index in [0.29, 0.717) is 25.7 Å². The molecule has 0 aromatic heterocycles. The molecule has 0 aliphatic carbocycles. The molecule has 0 aromatic rings. The van der Waals surface area contributed by atoms with E-state index in [1.54, 1.807) is 0 Å². The van der Waals surface area contributed by atoms with Gasteiger partial charge in [-0.1, -0.05) is 336 Å². The van der Waals surface area contributed by atoms with Gasteiger partial charge in [0.15, 0.2) is 12.2 Å². The zero-order valence-electron chi connectivity index (χ0n) is 60.4. The number of unbranched alkanes of at least 4 members (excludes halogenated alkanes) is 45. The Morgan fingerprint density at radius 2 is 0.516 bits per heavy atom. The molecule has 0 saturated heterocycles. The van der Waals surface area contributed by atoms with Crippen LogP contribution in [0.2, 0.25) is 0 Å². The molecule has 0 aliphatic rings. The quantitative estimate of drug-likeness (QED) is 0.0222. The average molecular weight is 1370 g/mol. The number of aliphatic hydroxyl groups excluding tert-OH is 1. The summed E-state index contributed by atoms with van der Waals surface area (Å²) in [6.45, 7) is 7.18. The highest BCUT2D eigenvalue weighted by Crippen LogP contribution is 2.45. The highest BCUT2D eigenvalue weighted by atomic mass is 31.2. The fourth-order valence-electron chi connectivity index (χ4n) is 11.3. The van der Waals surface area contributed by atoms with Gasteiger partial charge in [0.25, 0.3) is 0 Å². The van der Waals surface area contributed by atoms with E-state index in [1.165, 1.54) is 199 Å². The van der Waals surface area contributed by atoms with Crippen molar-refractivity contribution in [3.63, 3.8) is 0 Å². The van der Waals surface area contributed by atoms with Crippen molar-refractivity contribution < 1.29 is 80.2 Å². The molecule has 0 fully saturated rings. The molecule has 17 nitrogen and oxygen atoms in total. The molecule has 19 heteroatoms. The topological polar surface area (TPSA) is 237 Å². The van der Waals surface area contributed by atoms with Gasteiger partial charge in [-0.3, -0.25) is 37.3 Å². The van der Waals surface area contributed by atoms with Gasteiger partial charge < -0.3 is 33.8 Å². The second-order valence-corrected chi connectivity index (χ2v) is 29.8. The van der Waals surface area contributed by atoms with Crippen molar-refractivity contribution in [3.05, 3.63) is 0 Å². The third kappa shape index (κ3) is 67.0. The lowest BCUT2D eigenvalue weighted by Gasteiger charge is -2.21. The normalized spacial score (nSPS) is 14.3. The molecule has 0 amide bonds. The third-order valence-corrected chi connectivity index (χ3v) is 19.5. The minimum atomic E-state index is -4.95. The number of rotatable bonds is 74. The van der Waals surface area contributed by atoms with Gasteiger partial charge in [0.2, 0.25) is 0 Å². The van der Waals surface area contributed by atoms with E-state index in [2.05, 4.69) is 34.6 Å². The summed E-state index contributed by atoms with van der Waals surface area (Å²) in [4.78, 5) is 72.5. The summed E-state index contributed by atoms with van der Waals surface area (Å²) in [5.41, 5.74) is 0. The predicted molar refractivity (Wildman–Crippen MR) is 377 cm³/mol. The van der Waals surface area contributed by atoms with Crippen molar-refractivity contribution >= 4 is 39.5 Å². The van der Waals surface area contributed by atoms with Gasteiger partial charge in [-0.25, -0.2) is 9.13 Å². The van der Waals surface area contributed by atoms with Gasteiger partial charge in [0.05, 0.1) is 26.4 Å². The summed E-state index contributed by atoms with van der Waals surface area (Å²) in [5, 5.41) is 10.6. The Morgan fingerprint density at radius 3 is 0.763 bits per heavy atom. The van der Waals surface area contributed by atoms with Crippen LogP contribution in [0.15, 0.2) is 0 Å². The first-order valence-electron chi connectivity index (χ1n) is 38.7. The van der Waals surface area contributed by atoms with E-state index in [1.807, 2.05) is 0 Å². The van der Waals surface area contributed by atoms with Crippen LogP contribution in [0.25, 0.3) is 0 Å². The van der Waals surface area contributed by atoms with E-state index >= 15 is 0 Å². The molecule has 0 bridgehead atoms. The average Bonchev–Trinajstić information content (AvgIpc) is 3.51. The number of ether oxygens (including phenoxy) is 4. The third-order valence-electron chi connectivity index (χ3n) is 17.6. The molecule has 0 spiro atoms. The lowest BCUT2D eigenvalue weighted by atomic mass is 10.00. The van der Waals surface area contributed by atoms with Crippen molar-refractivity contribution in [3.8, 4) is 0 Å². The molecule has 0 saturated carbocycles. The van der Waals surface area contributed by atoms with Crippen LogP contribution in [0, 0.1) is 5.92 Å². The van der Waals surface area contributed by atoms with Gasteiger partial charge in [0.1, 0.15) is 19.3 Å². The lowest BCUT2D eigenvalue weighted by Crippen LogP contribution is -2.30. The number of esters is 4. The smallest absolute Gasteiger partial charge is 0.462 e. The minimum absolute atomic E-state index is 0.103. The first-order chi connectivity index (χ1) is 45.1. The molecule has 552 valence electrons. The van der Waals surface area contributed by atoms with Crippen molar-refractivity contribution in [2.45, 2.75) is 406 Å². The number of hydrogen-bond donors (Lipinski definition) is 3. The standard InChI is InChI=1S/C74H144O17P2/c1-6-10-13-16-19-21-23-25-27-29-30-32-34-36-38-40-43-49-54-59-73(78)90-69(64-85-72(77)58-53-48-42-39-37-35-33-31-28-26-24-22-20-17-14-11-7-2)65-88-92(80,81)86-61-68(75)62-87-93(82,83)89-66-70(63-84-71(76)57-52-47-41-18-15-12-8-3)91-74(79)60-55-50-45-44-46-51-56-67(5)9-4/h67-70,75H,6-66H2,1-5H3,(H,80,81)(H,82,83)/t67?,68-,69-,70-/m1/s1. The number of phosphoric acid groups is 2. The summed E-state index contributed by atoms with van der Waals surface area (Å²) < 4.78 is 68.3. The molecule has 0 aromatic carbocycles. The van der Waals surface area contributed by atoms with Crippen LogP contribution in [0.4, 0.5) is 0 Å².